The molecule has 0 atom stereocenters. The Kier molecular flexibility index (Phi) is 7.82. The Morgan fingerprint density at radius 1 is 0.968 bits per heavy atom. The number of amides is 1. The molecule has 31 heavy (non-hydrogen) atoms. The van der Waals surface area contributed by atoms with Gasteiger partial charge in [0.25, 0.3) is 0 Å². The third kappa shape index (κ3) is 7.39. The first kappa shape index (κ1) is 24.4. The molecule has 0 fully saturated rings. The lowest BCUT2D eigenvalue weighted by atomic mass is 10.3. The minimum absolute atomic E-state index is 0.0294. The predicted molar refractivity (Wildman–Crippen MR) is 93.7 cm³/mol. The lowest BCUT2D eigenvalue weighted by molar-refractivity contribution is -0.292. The van der Waals surface area contributed by atoms with Crippen molar-refractivity contribution in [1.82, 2.24) is 5.32 Å². The highest BCUT2D eigenvalue weighted by Crippen LogP contribution is 2.35. The van der Waals surface area contributed by atoms with Gasteiger partial charge in [-0.2, -0.15) is 22.0 Å². The average Bonchev–Trinajstić information content (AvgIpc) is 2.63. The van der Waals surface area contributed by atoms with Crippen LogP contribution in [0.3, 0.4) is 0 Å². The topological polar surface area (TPSA) is 56.8 Å². The van der Waals surface area contributed by atoms with Gasteiger partial charge in [0.1, 0.15) is 35.5 Å². The Morgan fingerprint density at radius 3 is 2.19 bits per heavy atom. The second-order valence-corrected chi connectivity index (χ2v) is 6.26. The molecular weight excluding hydrogens is 463 g/mol. The molecule has 2 aromatic carbocycles. The van der Waals surface area contributed by atoms with E-state index in [0.717, 1.165) is 12.1 Å². The quantitative estimate of drug-likeness (QED) is 0.392. The summed E-state index contributed by atoms with van der Waals surface area (Å²) in [5.41, 5.74) is 0. The molecule has 0 bridgehead atoms. The Morgan fingerprint density at radius 2 is 1.61 bits per heavy atom. The summed E-state index contributed by atoms with van der Waals surface area (Å²) in [5.74, 6) is -6.72. The van der Waals surface area contributed by atoms with Crippen LogP contribution >= 0.6 is 11.6 Å². The standard InChI is InChI=1S/C18H13ClF7NO4/c19-14-8-12(31-13-6-10(20)5-11(21)7-13)1-2-15(14)29-4-3-27-16(28)30-9-17(22,23)18(24,25)26/h1-2,5-8H,3-4,9H2,(H,27,28). The zero-order valence-corrected chi connectivity index (χ0v) is 16.0. The van der Waals surface area contributed by atoms with E-state index in [0.29, 0.717) is 6.07 Å². The van der Waals surface area contributed by atoms with E-state index in [1.165, 1.54) is 18.2 Å². The number of carbonyl (C=O) groups excluding carboxylic acids is 1. The first-order valence-electron chi connectivity index (χ1n) is 8.29. The zero-order chi connectivity index (χ0) is 23.2. The maximum absolute atomic E-state index is 13.2. The number of nitrogens with one attached hydrogen (secondary N) is 1. The van der Waals surface area contributed by atoms with Crippen LogP contribution in [0.4, 0.5) is 35.5 Å². The highest BCUT2D eigenvalue weighted by atomic mass is 35.5. The van der Waals surface area contributed by atoms with Crippen molar-refractivity contribution >= 4 is 17.7 Å². The molecule has 0 heterocycles. The van der Waals surface area contributed by atoms with Gasteiger partial charge in [0.05, 0.1) is 11.6 Å². The summed E-state index contributed by atoms with van der Waals surface area (Å²) in [6.07, 6.45) is -7.34. The zero-order valence-electron chi connectivity index (χ0n) is 15.2. The van der Waals surface area contributed by atoms with Crippen molar-refractivity contribution in [3.8, 4) is 17.2 Å². The van der Waals surface area contributed by atoms with Crippen molar-refractivity contribution in [2.75, 3.05) is 19.8 Å². The van der Waals surface area contributed by atoms with Crippen LogP contribution < -0.4 is 14.8 Å². The van der Waals surface area contributed by atoms with Crippen LogP contribution in [0.15, 0.2) is 36.4 Å². The number of hydrogen-bond donors (Lipinski definition) is 1. The number of ether oxygens (including phenoxy) is 3. The minimum atomic E-state index is -5.84. The Hall–Kier alpha value is -2.89. The van der Waals surface area contributed by atoms with E-state index in [-0.39, 0.29) is 35.4 Å². The van der Waals surface area contributed by atoms with Crippen LogP contribution in [0, 0.1) is 11.6 Å². The maximum atomic E-state index is 13.2. The van der Waals surface area contributed by atoms with Crippen molar-refractivity contribution < 1.29 is 49.7 Å². The summed E-state index contributed by atoms with van der Waals surface area (Å²) in [4.78, 5) is 11.2. The van der Waals surface area contributed by atoms with Crippen LogP contribution in [0.2, 0.25) is 5.02 Å². The number of rotatable bonds is 8. The van der Waals surface area contributed by atoms with Gasteiger partial charge < -0.3 is 19.5 Å². The lowest BCUT2D eigenvalue weighted by Gasteiger charge is -2.19. The van der Waals surface area contributed by atoms with Crippen LogP contribution in [0.5, 0.6) is 17.2 Å². The van der Waals surface area contributed by atoms with Gasteiger partial charge >= 0.3 is 18.2 Å². The minimum Gasteiger partial charge on any atom is -0.490 e. The van der Waals surface area contributed by atoms with E-state index in [9.17, 15) is 35.5 Å². The first-order chi connectivity index (χ1) is 14.4. The summed E-state index contributed by atoms with van der Waals surface area (Å²) in [7, 11) is 0. The summed E-state index contributed by atoms with van der Waals surface area (Å²) in [6.45, 7) is -2.70. The Balaban J connectivity index is 1.79. The van der Waals surface area contributed by atoms with Crippen molar-refractivity contribution in [2.24, 2.45) is 0 Å². The normalized spacial score (nSPS) is 11.7. The van der Waals surface area contributed by atoms with Crippen molar-refractivity contribution in [3.63, 3.8) is 0 Å². The fourth-order valence-electron chi connectivity index (χ4n) is 1.99. The second kappa shape index (κ2) is 9.94. The van der Waals surface area contributed by atoms with Crippen molar-refractivity contribution in [2.45, 2.75) is 12.1 Å². The molecule has 5 nitrogen and oxygen atoms in total. The second-order valence-electron chi connectivity index (χ2n) is 5.85. The molecule has 0 spiro atoms. The van der Waals surface area contributed by atoms with Gasteiger partial charge in [0.2, 0.25) is 0 Å². The van der Waals surface area contributed by atoms with Crippen molar-refractivity contribution in [3.05, 3.63) is 53.1 Å². The molecule has 1 N–H and O–H groups in total. The van der Waals surface area contributed by atoms with E-state index in [1.807, 2.05) is 5.32 Å². The molecule has 0 aromatic heterocycles. The van der Waals surface area contributed by atoms with Crippen molar-refractivity contribution in [1.29, 1.82) is 0 Å². The molecule has 2 rings (SSSR count). The molecule has 1 amide bonds. The predicted octanol–water partition coefficient (Wildman–Crippen LogP) is 5.71. The number of benzene rings is 2. The molecule has 0 saturated carbocycles. The number of halogens is 8. The van der Waals surface area contributed by atoms with Gasteiger partial charge in [0.15, 0.2) is 6.61 Å². The van der Waals surface area contributed by atoms with Gasteiger partial charge in [-0.15, -0.1) is 0 Å². The van der Waals surface area contributed by atoms with Crippen LogP contribution in [-0.4, -0.2) is 38.0 Å². The molecule has 0 aliphatic heterocycles. The van der Waals surface area contributed by atoms with Gasteiger partial charge in [-0.25, -0.2) is 13.6 Å². The molecule has 0 saturated heterocycles. The summed E-state index contributed by atoms with van der Waals surface area (Å²) >= 11 is 5.99. The van der Waals surface area contributed by atoms with Crippen LogP contribution in [-0.2, 0) is 4.74 Å². The SMILES string of the molecule is O=C(NCCOc1ccc(Oc2cc(F)cc(F)c2)cc1Cl)OCC(F)(F)C(F)(F)F. The molecule has 0 unspecified atom stereocenters. The van der Waals surface area contributed by atoms with Gasteiger partial charge in [0, 0.05) is 24.3 Å². The largest absolute Gasteiger partial charge is 0.490 e. The number of hydrogen-bond acceptors (Lipinski definition) is 4. The maximum Gasteiger partial charge on any atom is 0.456 e. The molecule has 0 aliphatic rings. The average molecular weight is 476 g/mol. The fraction of sp³-hybridized carbons (Fsp3) is 0.278. The third-order valence-corrected chi connectivity index (χ3v) is 3.70. The summed E-state index contributed by atoms with van der Waals surface area (Å²) in [5, 5.41) is 1.95. The van der Waals surface area contributed by atoms with Gasteiger partial charge in [-0.05, 0) is 12.1 Å². The molecule has 2 aromatic rings. The van der Waals surface area contributed by atoms with E-state index in [2.05, 4.69) is 4.74 Å². The first-order valence-corrected chi connectivity index (χ1v) is 8.66. The highest BCUT2D eigenvalue weighted by molar-refractivity contribution is 6.32. The molecular formula is C18H13ClF7NO4. The third-order valence-electron chi connectivity index (χ3n) is 3.40. The fourth-order valence-corrected chi connectivity index (χ4v) is 2.21. The monoisotopic (exact) mass is 475 g/mol. The van der Waals surface area contributed by atoms with Crippen LogP contribution in [0.25, 0.3) is 0 Å². The van der Waals surface area contributed by atoms with E-state index in [4.69, 9.17) is 21.1 Å². The molecule has 0 radical (unpaired) electrons. The van der Waals surface area contributed by atoms with Gasteiger partial charge in [-0.3, -0.25) is 0 Å². The van der Waals surface area contributed by atoms with E-state index < -0.39 is 36.4 Å². The summed E-state index contributed by atoms with van der Waals surface area (Å²) in [6, 6.07) is 6.57. The van der Waals surface area contributed by atoms with Crippen LogP contribution in [0.1, 0.15) is 0 Å². The number of alkyl halides is 5. The molecule has 170 valence electrons. The number of carbonyl (C=O) groups is 1. The lowest BCUT2D eigenvalue weighted by Crippen LogP contribution is -2.42. The Bertz CT molecular complexity index is 904. The van der Waals surface area contributed by atoms with E-state index in [1.54, 1.807) is 0 Å². The molecule has 13 heteroatoms. The Labute approximate surface area is 175 Å². The van der Waals surface area contributed by atoms with Gasteiger partial charge in [-0.1, -0.05) is 11.6 Å². The highest BCUT2D eigenvalue weighted by Gasteiger charge is 2.58. The number of alkyl carbamates (subject to hydrolysis) is 1. The van der Waals surface area contributed by atoms with E-state index >= 15 is 0 Å². The molecule has 0 aliphatic carbocycles. The summed E-state index contributed by atoms with van der Waals surface area (Å²) < 4.78 is 102. The smallest absolute Gasteiger partial charge is 0.456 e.